The van der Waals surface area contributed by atoms with Crippen molar-refractivity contribution in [2.75, 3.05) is 26.2 Å². The van der Waals surface area contributed by atoms with E-state index < -0.39 is 5.91 Å². The number of carbonyl (C=O) groups excluding carboxylic acids is 2. The molecule has 1 aliphatic heterocycles. The Labute approximate surface area is 203 Å². The number of aryl methyl sites for hydroxylation is 2. The van der Waals surface area contributed by atoms with Gasteiger partial charge in [0.2, 0.25) is 5.91 Å². The number of nitrogens with zero attached hydrogens (tertiary/aromatic N) is 6. The predicted octanol–water partition coefficient (Wildman–Crippen LogP) is 2.27. The maximum absolute atomic E-state index is 13.0. The highest BCUT2D eigenvalue weighted by molar-refractivity contribution is 5.98. The lowest BCUT2D eigenvalue weighted by atomic mass is 10.1. The van der Waals surface area contributed by atoms with Crippen LogP contribution in [0.15, 0.2) is 42.7 Å². The van der Waals surface area contributed by atoms with E-state index in [-0.39, 0.29) is 5.91 Å². The summed E-state index contributed by atoms with van der Waals surface area (Å²) in [5.74, 6) is -0.404. The summed E-state index contributed by atoms with van der Waals surface area (Å²) in [7, 11) is 0. The minimum Gasteiger partial charge on any atom is -0.365 e. The second-order valence-corrected chi connectivity index (χ2v) is 9.07. The number of hydrogen-bond acceptors (Lipinski definition) is 6. The van der Waals surface area contributed by atoms with Crippen molar-refractivity contribution in [3.63, 3.8) is 0 Å². The summed E-state index contributed by atoms with van der Waals surface area (Å²) in [6.45, 7) is 7.76. The van der Waals surface area contributed by atoms with E-state index in [0.29, 0.717) is 37.1 Å². The Hall–Kier alpha value is -3.85. The molecular weight excluding hydrogens is 442 g/mol. The zero-order chi connectivity index (χ0) is 24.5. The minimum atomic E-state index is -0.551. The Kier molecular flexibility index (Phi) is 6.17. The number of benzene rings is 1. The van der Waals surface area contributed by atoms with Crippen molar-refractivity contribution in [1.29, 1.82) is 0 Å². The van der Waals surface area contributed by atoms with Crippen molar-refractivity contribution >= 4 is 28.4 Å². The fourth-order valence-electron chi connectivity index (χ4n) is 4.93. The van der Waals surface area contributed by atoms with Gasteiger partial charge in [-0.3, -0.25) is 19.5 Å². The molecule has 1 aliphatic rings. The molecule has 0 unspecified atom stereocenters. The molecule has 0 spiro atoms. The van der Waals surface area contributed by atoms with Gasteiger partial charge in [0, 0.05) is 62.1 Å². The van der Waals surface area contributed by atoms with Gasteiger partial charge in [-0.15, -0.1) is 0 Å². The van der Waals surface area contributed by atoms with E-state index in [4.69, 9.17) is 5.73 Å². The van der Waals surface area contributed by atoms with Gasteiger partial charge in [0.1, 0.15) is 5.56 Å². The second-order valence-electron chi connectivity index (χ2n) is 9.07. The third-order valence-corrected chi connectivity index (χ3v) is 6.90. The van der Waals surface area contributed by atoms with Crippen molar-refractivity contribution in [2.24, 2.45) is 5.73 Å². The first-order valence-corrected chi connectivity index (χ1v) is 11.9. The molecule has 180 valence electrons. The first-order chi connectivity index (χ1) is 16.9. The van der Waals surface area contributed by atoms with Gasteiger partial charge in [0.25, 0.3) is 5.91 Å². The van der Waals surface area contributed by atoms with Gasteiger partial charge in [0.15, 0.2) is 5.65 Å². The second kappa shape index (κ2) is 9.42. The Balaban J connectivity index is 1.20. The summed E-state index contributed by atoms with van der Waals surface area (Å²) in [5.41, 5.74) is 11.1. The number of nitrogens with two attached hydrogens (primary N) is 1. The van der Waals surface area contributed by atoms with Gasteiger partial charge in [-0.25, -0.2) is 9.50 Å². The standard InChI is InChI=1S/C26H29N7O2/c1-17-21(18(2)33-26(30-17)22(15-29-33)25(27)35)8-9-23(34)32-13-11-31(12-14-32)16-20-6-3-5-19-7-4-10-28-24(19)20/h3-7,10,15H,8-9,11-14,16H2,1-2H3,(H2,27,35). The van der Waals surface area contributed by atoms with Crippen LogP contribution in [0.1, 0.15) is 39.3 Å². The molecule has 2 N–H and O–H groups in total. The van der Waals surface area contributed by atoms with Crippen LogP contribution in [0.25, 0.3) is 16.6 Å². The molecule has 0 bridgehead atoms. The van der Waals surface area contributed by atoms with Crippen molar-refractivity contribution in [2.45, 2.75) is 33.2 Å². The van der Waals surface area contributed by atoms with Gasteiger partial charge < -0.3 is 10.6 Å². The van der Waals surface area contributed by atoms with Crippen LogP contribution < -0.4 is 5.73 Å². The Morgan fingerprint density at radius 2 is 1.83 bits per heavy atom. The van der Waals surface area contributed by atoms with Gasteiger partial charge in [-0.05, 0) is 37.5 Å². The van der Waals surface area contributed by atoms with Crippen LogP contribution >= 0.6 is 0 Å². The Morgan fingerprint density at radius 3 is 2.60 bits per heavy atom. The molecule has 9 nitrogen and oxygen atoms in total. The Bertz CT molecular complexity index is 1420. The van der Waals surface area contributed by atoms with E-state index in [0.717, 1.165) is 47.5 Å². The van der Waals surface area contributed by atoms with Crippen LogP contribution in [-0.2, 0) is 17.8 Å². The number of amides is 2. The molecule has 0 atom stereocenters. The van der Waals surface area contributed by atoms with Gasteiger partial charge in [0.05, 0.1) is 11.7 Å². The highest BCUT2D eigenvalue weighted by Crippen LogP contribution is 2.21. The number of hydrogen-bond donors (Lipinski definition) is 1. The molecule has 4 heterocycles. The molecule has 0 saturated carbocycles. The molecule has 5 rings (SSSR count). The summed E-state index contributed by atoms with van der Waals surface area (Å²) < 4.78 is 1.63. The average Bonchev–Trinajstić information content (AvgIpc) is 3.29. The van der Waals surface area contributed by atoms with E-state index in [1.54, 1.807) is 4.52 Å². The highest BCUT2D eigenvalue weighted by atomic mass is 16.2. The van der Waals surface area contributed by atoms with Crippen LogP contribution in [0.3, 0.4) is 0 Å². The number of rotatable bonds is 6. The summed E-state index contributed by atoms with van der Waals surface area (Å²) in [5, 5.41) is 5.42. The molecule has 2 amide bonds. The smallest absolute Gasteiger partial charge is 0.254 e. The number of pyridine rings is 1. The molecule has 1 saturated heterocycles. The SMILES string of the molecule is Cc1nc2c(C(N)=O)cnn2c(C)c1CCC(=O)N1CCN(Cc2cccc3cccnc23)CC1. The number of primary amides is 1. The van der Waals surface area contributed by atoms with Crippen LogP contribution in [0.5, 0.6) is 0 Å². The molecule has 0 aliphatic carbocycles. The number of fused-ring (bicyclic) bond motifs is 2. The molecule has 4 aromatic rings. The third kappa shape index (κ3) is 4.46. The predicted molar refractivity (Wildman–Crippen MR) is 133 cm³/mol. The monoisotopic (exact) mass is 471 g/mol. The molecule has 1 aromatic carbocycles. The molecule has 3 aromatic heterocycles. The molecule has 0 radical (unpaired) electrons. The molecular formula is C26H29N7O2. The topological polar surface area (TPSA) is 110 Å². The van der Waals surface area contributed by atoms with Crippen LogP contribution in [-0.4, -0.2) is 67.4 Å². The van der Waals surface area contributed by atoms with E-state index in [1.165, 1.54) is 11.8 Å². The van der Waals surface area contributed by atoms with Crippen molar-refractivity contribution in [3.05, 3.63) is 70.8 Å². The number of carbonyl (C=O) groups is 2. The lowest BCUT2D eigenvalue weighted by molar-refractivity contribution is -0.133. The van der Waals surface area contributed by atoms with E-state index >= 15 is 0 Å². The van der Waals surface area contributed by atoms with Gasteiger partial charge >= 0.3 is 0 Å². The number of para-hydroxylation sites is 1. The largest absolute Gasteiger partial charge is 0.365 e. The van der Waals surface area contributed by atoms with Crippen molar-refractivity contribution in [1.82, 2.24) is 29.4 Å². The lowest BCUT2D eigenvalue weighted by Gasteiger charge is -2.35. The molecule has 35 heavy (non-hydrogen) atoms. The van der Waals surface area contributed by atoms with E-state index in [2.05, 4.69) is 44.2 Å². The summed E-state index contributed by atoms with van der Waals surface area (Å²) >= 11 is 0. The van der Waals surface area contributed by atoms with Crippen LogP contribution in [0.4, 0.5) is 0 Å². The zero-order valence-corrected chi connectivity index (χ0v) is 20.1. The van der Waals surface area contributed by atoms with Crippen LogP contribution in [0, 0.1) is 13.8 Å². The molecule has 9 heteroatoms. The minimum absolute atomic E-state index is 0.147. The van der Waals surface area contributed by atoms with Crippen molar-refractivity contribution < 1.29 is 9.59 Å². The van der Waals surface area contributed by atoms with E-state index in [9.17, 15) is 9.59 Å². The van der Waals surface area contributed by atoms with Crippen LogP contribution in [0.2, 0.25) is 0 Å². The number of piperazine rings is 1. The van der Waals surface area contributed by atoms with Gasteiger partial charge in [-0.2, -0.15) is 5.10 Å². The normalized spacial score (nSPS) is 14.6. The fraction of sp³-hybridized carbons (Fsp3) is 0.346. The fourth-order valence-corrected chi connectivity index (χ4v) is 4.93. The van der Waals surface area contributed by atoms with Gasteiger partial charge in [-0.1, -0.05) is 24.3 Å². The summed E-state index contributed by atoms with van der Waals surface area (Å²) in [6.07, 6.45) is 4.27. The number of aromatic nitrogens is 4. The zero-order valence-electron chi connectivity index (χ0n) is 20.1. The average molecular weight is 472 g/mol. The Morgan fingerprint density at radius 1 is 1.06 bits per heavy atom. The lowest BCUT2D eigenvalue weighted by Crippen LogP contribution is -2.48. The summed E-state index contributed by atoms with van der Waals surface area (Å²) in [6, 6.07) is 10.3. The highest BCUT2D eigenvalue weighted by Gasteiger charge is 2.23. The maximum Gasteiger partial charge on any atom is 0.254 e. The van der Waals surface area contributed by atoms with Crippen molar-refractivity contribution in [3.8, 4) is 0 Å². The quantitative estimate of drug-likeness (QED) is 0.462. The molecule has 1 fully saturated rings. The summed E-state index contributed by atoms with van der Waals surface area (Å²) in [4.78, 5) is 38.1. The maximum atomic E-state index is 13.0. The third-order valence-electron chi connectivity index (χ3n) is 6.90. The first-order valence-electron chi connectivity index (χ1n) is 11.9. The first kappa shape index (κ1) is 22.9. The van der Waals surface area contributed by atoms with E-state index in [1.807, 2.05) is 31.0 Å².